The van der Waals surface area contributed by atoms with Gasteiger partial charge in [0.05, 0.1) is 17.1 Å². The molecular formula is C10H11Cl2N3O2. The zero-order valence-corrected chi connectivity index (χ0v) is 10.6. The van der Waals surface area contributed by atoms with Crippen molar-refractivity contribution in [2.45, 2.75) is 6.92 Å². The van der Waals surface area contributed by atoms with Crippen LogP contribution in [0.25, 0.3) is 0 Å². The highest BCUT2D eigenvalue weighted by molar-refractivity contribution is 6.35. The molecule has 0 fully saturated rings. The Kier molecular flexibility index (Phi) is 5.18. The van der Waals surface area contributed by atoms with Gasteiger partial charge in [-0.05, 0) is 13.0 Å². The van der Waals surface area contributed by atoms with Crippen LogP contribution in [0.3, 0.4) is 0 Å². The summed E-state index contributed by atoms with van der Waals surface area (Å²) in [6, 6.07) is 1.34. The summed E-state index contributed by atoms with van der Waals surface area (Å²) in [5, 5.41) is 5.33. The number of pyridine rings is 1. The van der Waals surface area contributed by atoms with E-state index in [0.717, 1.165) is 0 Å². The maximum absolute atomic E-state index is 11.7. The fourth-order valence-corrected chi connectivity index (χ4v) is 1.45. The molecule has 0 aromatic carbocycles. The first-order valence-electron chi connectivity index (χ1n) is 4.90. The molecule has 1 heterocycles. The Morgan fingerprint density at radius 1 is 1.35 bits per heavy atom. The van der Waals surface area contributed by atoms with Crippen molar-refractivity contribution in [3.05, 3.63) is 28.0 Å². The van der Waals surface area contributed by atoms with E-state index in [-0.39, 0.29) is 28.2 Å². The van der Waals surface area contributed by atoms with Crippen LogP contribution in [0.4, 0.5) is 0 Å². The van der Waals surface area contributed by atoms with E-state index in [1.807, 2.05) is 0 Å². The standard InChI is InChI=1S/C10H11Cl2N3O2/c1-2-13-9(16)5-15-10(17)6-3-8(12)14-4-7(6)11/h3-4H,2,5H2,1H3,(H,13,16)(H,15,17). The fourth-order valence-electron chi connectivity index (χ4n) is 1.10. The van der Waals surface area contributed by atoms with E-state index in [9.17, 15) is 9.59 Å². The molecule has 0 saturated heterocycles. The molecule has 1 rings (SSSR count). The quantitative estimate of drug-likeness (QED) is 0.813. The molecule has 0 aliphatic heterocycles. The van der Waals surface area contributed by atoms with Crippen LogP contribution in [0.5, 0.6) is 0 Å². The first-order chi connectivity index (χ1) is 8.04. The Hall–Kier alpha value is -1.33. The smallest absolute Gasteiger partial charge is 0.253 e. The molecule has 2 amide bonds. The van der Waals surface area contributed by atoms with Crippen molar-refractivity contribution in [3.8, 4) is 0 Å². The van der Waals surface area contributed by atoms with Crippen molar-refractivity contribution >= 4 is 35.0 Å². The highest BCUT2D eigenvalue weighted by Gasteiger charge is 2.12. The average molecular weight is 276 g/mol. The van der Waals surface area contributed by atoms with Gasteiger partial charge in [-0.1, -0.05) is 23.2 Å². The van der Waals surface area contributed by atoms with Crippen LogP contribution in [-0.2, 0) is 4.79 Å². The first-order valence-corrected chi connectivity index (χ1v) is 5.66. The number of rotatable bonds is 4. The predicted octanol–water partition coefficient (Wildman–Crippen LogP) is 1.25. The Balaban J connectivity index is 2.64. The summed E-state index contributed by atoms with van der Waals surface area (Å²) in [6.45, 7) is 2.19. The lowest BCUT2D eigenvalue weighted by Crippen LogP contribution is -2.36. The van der Waals surface area contributed by atoms with E-state index < -0.39 is 5.91 Å². The van der Waals surface area contributed by atoms with Gasteiger partial charge < -0.3 is 10.6 Å². The van der Waals surface area contributed by atoms with Crippen molar-refractivity contribution in [2.75, 3.05) is 13.1 Å². The minimum absolute atomic E-state index is 0.108. The highest BCUT2D eigenvalue weighted by Crippen LogP contribution is 2.17. The zero-order valence-electron chi connectivity index (χ0n) is 9.09. The minimum atomic E-state index is -0.467. The largest absolute Gasteiger partial charge is 0.355 e. The summed E-state index contributed by atoms with van der Waals surface area (Å²) in [7, 11) is 0. The third kappa shape index (κ3) is 4.20. The second kappa shape index (κ2) is 6.42. The molecule has 0 aliphatic carbocycles. The Labute approximate surface area is 109 Å². The topological polar surface area (TPSA) is 71.1 Å². The molecule has 0 saturated carbocycles. The molecule has 17 heavy (non-hydrogen) atoms. The minimum Gasteiger partial charge on any atom is -0.355 e. The van der Waals surface area contributed by atoms with Gasteiger partial charge >= 0.3 is 0 Å². The molecule has 0 aliphatic rings. The van der Waals surface area contributed by atoms with E-state index in [0.29, 0.717) is 6.54 Å². The maximum atomic E-state index is 11.7. The van der Waals surface area contributed by atoms with Crippen LogP contribution >= 0.6 is 23.2 Å². The number of nitrogens with one attached hydrogen (secondary N) is 2. The van der Waals surface area contributed by atoms with Gasteiger partial charge in [0, 0.05) is 12.7 Å². The van der Waals surface area contributed by atoms with Gasteiger partial charge in [-0.15, -0.1) is 0 Å². The lowest BCUT2D eigenvalue weighted by molar-refractivity contribution is -0.120. The molecule has 2 N–H and O–H groups in total. The number of halogens is 2. The third-order valence-corrected chi connectivity index (χ3v) is 2.36. The fraction of sp³-hybridized carbons (Fsp3) is 0.300. The summed E-state index contributed by atoms with van der Waals surface area (Å²) < 4.78 is 0. The number of amides is 2. The van der Waals surface area contributed by atoms with Crippen LogP contribution < -0.4 is 10.6 Å². The van der Waals surface area contributed by atoms with E-state index in [4.69, 9.17) is 23.2 Å². The van der Waals surface area contributed by atoms with Gasteiger partial charge in [0.2, 0.25) is 5.91 Å². The van der Waals surface area contributed by atoms with Gasteiger partial charge in [0.25, 0.3) is 5.91 Å². The third-order valence-electron chi connectivity index (χ3n) is 1.85. The van der Waals surface area contributed by atoms with Gasteiger partial charge in [-0.25, -0.2) is 4.98 Å². The van der Waals surface area contributed by atoms with E-state index >= 15 is 0 Å². The summed E-state index contributed by atoms with van der Waals surface area (Å²) in [5.41, 5.74) is 0.191. The van der Waals surface area contributed by atoms with Gasteiger partial charge in [-0.3, -0.25) is 9.59 Å². The summed E-state index contributed by atoms with van der Waals surface area (Å²) >= 11 is 11.4. The average Bonchev–Trinajstić information content (AvgIpc) is 2.29. The molecule has 1 aromatic rings. The van der Waals surface area contributed by atoms with Crippen LogP contribution in [-0.4, -0.2) is 29.9 Å². The lowest BCUT2D eigenvalue weighted by atomic mass is 10.2. The number of nitrogens with zero attached hydrogens (tertiary/aromatic N) is 1. The first kappa shape index (κ1) is 13.7. The predicted molar refractivity (Wildman–Crippen MR) is 65.3 cm³/mol. The SMILES string of the molecule is CCNC(=O)CNC(=O)c1cc(Cl)ncc1Cl. The van der Waals surface area contributed by atoms with Crippen LogP contribution in [0.2, 0.25) is 10.2 Å². The van der Waals surface area contributed by atoms with Crippen molar-refractivity contribution in [1.82, 2.24) is 15.6 Å². The highest BCUT2D eigenvalue weighted by atomic mass is 35.5. The van der Waals surface area contributed by atoms with Gasteiger partial charge in [0.1, 0.15) is 5.15 Å². The number of hydrogen-bond donors (Lipinski definition) is 2. The number of hydrogen-bond acceptors (Lipinski definition) is 3. The van der Waals surface area contributed by atoms with E-state index in [1.54, 1.807) is 6.92 Å². The van der Waals surface area contributed by atoms with E-state index in [2.05, 4.69) is 15.6 Å². The number of likely N-dealkylation sites (N-methyl/N-ethyl adjacent to an activating group) is 1. The van der Waals surface area contributed by atoms with Gasteiger partial charge in [0.15, 0.2) is 0 Å². The molecule has 1 aromatic heterocycles. The summed E-state index contributed by atoms with van der Waals surface area (Å²) in [4.78, 5) is 26.5. The van der Waals surface area contributed by atoms with Crippen molar-refractivity contribution in [1.29, 1.82) is 0 Å². The van der Waals surface area contributed by atoms with Crippen molar-refractivity contribution in [2.24, 2.45) is 0 Å². The summed E-state index contributed by atoms with van der Waals surface area (Å²) in [5.74, 6) is -0.734. The molecule has 7 heteroatoms. The monoisotopic (exact) mass is 275 g/mol. The summed E-state index contributed by atoms with van der Waals surface area (Å²) in [6.07, 6.45) is 1.28. The number of carbonyl (C=O) groups is 2. The molecule has 92 valence electrons. The molecule has 0 unspecified atom stereocenters. The van der Waals surface area contributed by atoms with Crippen LogP contribution in [0.15, 0.2) is 12.3 Å². The second-order valence-corrected chi connectivity index (χ2v) is 3.92. The van der Waals surface area contributed by atoms with E-state index in [1.165, 1.54) is 12.3 Å². The Morgan fingerprint density at radius 3 is 2.71 bits per heavy atom. The molecule has 5 nitrogen and oxygen atoms in total. The molecule has 0 radical (unpaired) electrons. The molecular weight excluding hydrogens is 265 g/mol. The number of carbonyl (C=O) groups excluding carboxylic acids is 2. The zero-order chi connectivity index (χ0) is 12.8. The molecule has 0 spiro atoms. The lowest BCUT2D eigenvalue weighted by Gasteiger charge is -2.06. The van der Waals surface area contributed by atoms with Crippen LogP contribution in [0.1, 0.15) is 17.3 Å². The Morgan fingerprint density at radius 2 is 2.06 bits per heavy atom. The molecule has 0 atom stereocenters. The normalized spacial score (nSPS) is 9.82. The van der Waals surface area contributed by atoms with Gasteiger partial charge in [-0.2, -0.15) is 0 Å². The van der Waals surface area contributed by atoms with Crippen molar-refractivity contribution < 1.29 is 9.59 Å². The maximum Gasteiger partial charge on any atom is 0.253 e. The number of aromatic nitrogens is 1. The van der Waals surface area contributed by atoms with Crippen molar-refractivity contribution in [3.63, 3.8) is 0 Å². The second-order valence-electron chi connectivity index (χ2n) is 3.12. The molecule has 0 bridgehead atoms. The Bertz CT molecular complexity index is 438. The van der Waals surface area contributed by atoms with Crippen LogP contribution in [0, 0.1) is 0 Å².